The zero-order chi connectivity index (χ0) is 35.1. The second-order valence-electron chi connectivity index (χ2n) is 13.9. The number of ether oxygens (including phenoxy) is 1. The number of benzene rings is 2. The van der Waals surface area contributed by atoms with Crippen LogP contribution >= 0.6 is 0 Å². The summed E-state index contributed by atoms with van der Waals surface area (Å²) in [4.78, 5) is 40.4. The molecule has 2 aromatic carbocycles. The van der Waals surface area contributed by atoms with E-state index in [-0.39, 0.29) is 29.1 Å². The van der Waals surface area contributed by atoms with Crippen LogP contribution in [-0.4, -0.2) is 65.9 Å². The summed E-state index contributed by atoms with van der Waals surface area (Å²) in [6.45, 7) is 8.35. The number of fused-ring (bicyclic) bond motifs is 2. The number of pyridine rings is 2. The van der Waals surface area contributed by atoms with E-state index < -0.39 is 0 Å². The van der Waals surface area contributed by atoms with Crippen molar-refractivity contribution in [3.05, 3.63) is 122 Å². The predicted octanol–water partition coefficient (Wildman–Crippen LogP) is 5.29. The summed E-state index contributed by atoms with van der Waals surface area (Å²) >= 11 is 0. The van der Waals surface area contributed by atoms with Crippen molar-refractivity contribution in [1.82, 2.24) is 33.7 Å². The third-order valence-electron chi connectivity index (χ3n) is 10.6. The van der Waals surface area contributed by atoms with Crippen LogP contribution in [0.3, 0.4) is 0 Å². The Kier molecular flexibility index (Phi) is 9.01. The quantitative estimate of drug-likeness (QED) is 0.222. The van der Waals surface area contributed by atoms with E-state index in [4.69, 9.17) is 9.72 Å². The zero-order valence-electron chi connectivity index (χ0n) is 29.1. The Labute approximate surface area is 295 Å². The van der Waals surface area contributed by atoms with E-state index in [1.165, 1.54) is 4.57 Å². The molecule has 1 saturated carbocycles. The number of phenolic OH excluding ortho intramolecular Hbond substituents is 1. The zero-order valence-corrected chi connectivity index (χ0v) is 29.1. The molecule has 11 heteroatoms. The maximum absolute atomic E-state index is 14.5. The standard InChI is InChI=1S/C40H43N7O4/c1-26-20-35-38(42-23-26)46(32-7-5-6-28(21-32)34-14-13-33(48)22-29(34)25-44-16-18-51-19-17-44)40(50)47(39(35)49)31-11-9-30(10-12-31)41-24-36-27(2)45-15-4-3-8-37(45)43-36/h3-8,13-15,20-23,30-31,41,48H,9-12,16-19,24-25H2,1-2H3. The molecule has 1 aliphatic heterocycles. The Morgan fingerprint density at radius 3 is 2.57 bits per heavy atom. The molecule has 262 valence electrons. The van der Waals surface area contributed by atoms with Gasteiger partial charge in [0.25, 0.3) is 5.56 Å². The number of nitrogens with one attached hydrogen (secondary N) is 1. The van der Waals surface area contributed by atoms with Crippen LogP contribution in [0.5, 0.6) is 5.75 Å². The van der Waals surface area contributed by atoms with E-state index >= 15 is 0 Å². The van der Waals surface area contributed by atoms with E-state index in [0.717, 1.165) is 65.2 Å². The first-order valence-corrected chi connectivity index (χ1v) is 17.9. The van der Waals surface area contributed by atoms with Gasteiger partial charge in [0.05, 0.1) is 30.0 Å². The minimum Gasteiger partial charge on any atom is -0.508 e. The van der Waals surface area contributed by atoms with Crippen LogP contribution in [0, 0.1) is 13.8 Å². The van der Waals surface area contributed by atoms with Gasteiger partial charge in [-0.05, 0) is 104 Å². The van der Waals surface area contributed by atoms with Gasteiger partial charge >= 0.3 is 5.69 Å². The van der Waals surface area contributed by atoms with Crippen LogP contribution < -0.4 is 16.6 Å². The van der Waals surface area contributed by atoms with Crippen molar-refractivity contribution in [3.63, 3.8) is 0 Å². The van der Waals surface area contributed by atoms with Gasteiger partial charge < -0.3 is 19.6 Å². The summed E-state index contributed by atoms with van der Waals surface area (Å²) in [6.07, 6.45) is 6.84. The Balaban J connectivity index is 1.10. The van der Waals surface area contributed by atoms with Crippen molar-refractivity contribution >= 4 is 16.7 Å². The summed E-state index contributed by atoms with van der Waals surface area (Å²) in [7, 11) is 0. The summed E-state index contributed by atoms with van der Waals surface area (Å²) in [5, 5.41) is 14.5. The lowest BCUT2D eigenvalue weighted by atomic mass is 9.91. The number of imidazole rings is 1. The predicted molar refractivity (Wildman–Crippen MR) is 198 cm³/mol. The van der Waals surface area contributed by atoms with Crippen molar-refractivity contribution < 1.29 is 9.84 Å². The highest BCUT2D eigenvalue weighted by molar-refractivity contribution is 5.77. The molecule has 0 atom stereocenters. The number of aryl methyl sites for hydroxylation is 2. The first-order valence-electron chi connectivity index (χ1n) is 17.9. The van der Waals surface area contributed by atoms with Crippen LogP contribution in [-0.2, 0) is 17.8 Å². The molecule has 4 aromatic heterocycles. The average Bonchev–Trinajstić information content (AvgIpc) is 3.47. The molecule has 8 rings (SSSR count). The maximum Gasteiger partial charge on any atom is 0.337 e. The summed E-state index contributed by atoms with van der Waals surface area (Å²) in [5.41, 5.74) is 7.15. The van der Waals surface area contributed by atoms with Gasteiger partial charge in [-0.15, -0.1) is 0 Å². The third-order valence-corrected chi connectivity index (χ3v) is 10.6. The van der Waals surface area contributed by atoms with Gasteiger partial charge in [0, 0.05) is 56.4 Å². The highest BCUT2D eigenvalue weighted by Crippen LogP contribution is 2.31. The number of nitrogens with zero attached hydrogens (tertiary/aromatic N) is 6. The average molecular weight is 686 g/mol. The van der Waals surface area contributed by atoms with Crippen molar-refractivity contribution in [2.24, 2.45) is 0 Å². The molecule has 2 N–H and O–H groups in total. The molecular formula is C40H43N7O4. The second kappa shape index (κ2) is 13.9. The molecule has 0 bridgehead atoms. The number of rotatable bonds is 8. The largest absolute Gasteiger partial charge is 0.508 e. The molecule has 5 heterocycles. The van der Waals surface area contributed by atoms with E-state index in [0.29, 0.717) is 55.9 Å². The summed E-state index contributed by atoms with van der Waals surface area (Å²) in [5.74, 6) is 0.210. The van der Waals surface area contributed by atoms with Gasteiger partial charge in [-0.2, -0.15) is 0 Å². The molecular weight excluding hydrogens is 642 g/mol. The smallest absolute Gasteiger partial charge is 0.337 e. The molecule has 1 aliphatic carbocycles. The molecule has 0 spiro atoms. The second-order valence-corrected chi connectivity index (χ2v) is 13.9. The van der Waals surface area contributed by atoms with E-state index in [2.05, 4.69) is 26.5 Å². The van der Waals surface area contributed by atoms with Crippen LogP contribution in [0.4, 0.5) is 0 Å². The number of phenols is 1. The lowest BCUT2D eigenvalue weighted by molar-refractivity contribution is 0.0342. The number of aromatic nitrogens is 5. The number of hydrogen-bond acceptors (Lipinski definition) is 8. The minimum atomic E-state index is -0.378. The van der Waals surface area contributed by atoms with Crippen molar-refractivity contribution in [2.45, 2.75) is 64.7 Å². The Hall–Kier alpha value is -5.10. The van der Waals surface area contributed by atoms with Crippen LogP contribution in [0.2, 0.25) is 0 Å². The molecule has 2 aliphatic rings. The van der Waals surface area contributed by atoms with Gasteiger partial charge in [0.15, 0.2) is 5.65 Å². The molecule has 51 heavy (non-hydrogen) atoms. The monoisotopic (exact) mass is 685 g/mol. The van der Waals surface area contributed by atoms with Crippen LogP contribution in [0.15, 0.2) is 88.7 Å². The molecule has 0 amide bonds. The summed E-state index contributed by atoms with van der Waals surface area (Å²) in [6, 6.07) is 21.2. The molecule has 0 unspecified atom stereocenters. The normalized spacial score (nSPS) is 18.5. The van der Waals surface area contributed by atoms with Gasteiger partial charge in [-0.25, -0.2) is 19.3 Å². The van der Waals surface area contributed by atoms with Crippen molar-refractivity contribution in [3.8, 4) is 22.6 Å². The number of morpholine rings is 1. The fourth-order valence-electron chi connectivity index (χ4n) is 7.79. The fraction of sp³-hybridized carbons (Fsp3) is 0.350. The van der Waals surface area contributed by atoms with E-state index in [1.54, 1.807) is 16.8 Å². The van der Waals surface area contributed by atoms with Gasteiger partial charge in [-0.1, -0.05) is 24.3 Å². The molecule has 6 aromatic rings. The molecule has 0 radical (unpaired) electrons. The first kappa shape index (κ1) is 33.1. The van der Waals surface area contributed by atoms with Crippen LogP contribution in [0.25, 0.3) is 33.5 Å². The SMILES string of the molecule is Cc1cnc2c(c1)c(=O)n(C1CCC(NCc3nc4ccccn4c3C)CC1)c(=O)n2-c1cccc(-c2ccc(O)cc2CN2CCOCC2)c1. The van der Waals surface area contributed by atoms with Gasteiger partial charge in [0.1, 0.15) is 11.4 Å². The maximum atomic E-state index is 14.5. The van der Waals surface area contributed by atoms with E-state index in [1.807, 2.05) is 73.8 Å². The molecule has 1 saturated heterocycles. The summed E-state index contributed by atoms with van der Waals surface area (Å²) < 4.78 is 10.7. The number of hydrogen-bond donors (Lipinski definition) is 2. The topological polar surface area (TPSA) is 119 Å². The Morgan fingerprint density at radius 1 is 0.941 bits per heavy atom. The number of aromatic hydroxyl groups is 1. The third kappa shape index (κ3) is 6.48. The fourth-order valence-corrected chi connectivity index (χ4v) is 7.79. The van der Waals surface area contributed by atoms with Crippen molar-refractivity contribution in [1.29, 1.82) is 0 Å². The lowest BCUT2D eigenvalue weighted by Gasteiger charge is -2.30. The minimum absolute atomic E-state index is 0.210. The van der Waals surface area contributed by atoms with Gasteiger partial charge in [-0.3, -0.25) is 14.3 Å². The highest BCUT2D eigenvalue weighted by atomic mass is 16.5. The highest BCUT2D eigenvalue weighted by Gasteiger charge is 2.27. The Bertz CT molecular complexity index is 2350. The van der Waals surface area contributed by atoms with Crippen molar-refractivity contribution in [2.75, 3.05) is 26.3 Å². The molecule has 2 fully saturated rings. The Morgan fingerprint density at radius 2 is 1.76 bits per heavy atom. The lowest BCUT2D eigenvalue weighted by Crippen LogP contribution is -2.44. The first-order chi connectivity index (χ1) is 24.8. The van der Waals surface area contributed by atoms with E-state index in [9.17, 15) is 14.7 Å². The van der Waals surface area contributed by atoms with Crippen LogP contribution in [0.1, 0.15) is 54.2 Å². The molecule has 11 nitrogen and oxygen atoms in total. The van der Waals surface area contributed by atoms with Gasteiger partial charge in [0.2, 0.25) is 0 Å².